The lowest BCUT2D eigenvalue weighted by Gasteiger charge is -2.36. The Morgan fingerprint density at radius 2 is 1.71 bits per heavy atom. The Hall–Kier alpha value is -1.80. The van der Waals surface area contributed by atoms with Crippen LogP contribution in [0.2, 0.25) is 0 Å². The van der Waals surface area contributed by atoms with Crippen molar-refractivity contribution in [1.82, 2.24) is 4.90 Å². The molecule has 0 radical (unpaired) electrons. The minimum absolute atomic E-state index is 0.428. The molecule has 0 bridgehead atoms. The fraction of sp³-hybridized carbons (Fsp3) is 0.368. The summed E-state index contributed by atoms with van der Waals surface area (Å²) in [5.41, 5.74) is 4.31. The molecule has 1 heterocycles. The van der Waals surface area contributed by atoms with Crippen molar-refractivity contribution < 1.29 is 0 Å². The molecule has 0 spiro atoms. The Labute approximate surface area is 128 Å². The third kappa shape index (κ3) is 3.11. The molecule has 1 aliphatic heterocycles. The van der Waals surface area contributed by atoms with Crippen molar-refractivity contribution in [2.75, 3.05) is 32.1 Å². The lowest BCUT2D eigenvalue weighted by atomic mass is 9.99. The van der Waals surface area contributed by atoms with Crippen LogP contribution in [0.15, 0.2) is 54.6 Å². The van der Waals surface area contributed by atoms with Gasteiger partial charge in [-0.25, -0.2) is 0 Å². The number of anilines is 1. The highest BCUT2D eigenvalue weighted by molar-refractivity contribution is 5.55. The van der Waals surface area contributed by atoms with Crippen molar-refractivity contribution in [2.24, 2.45) is 0 Å². The van der Waals surface area contributed by atoms with Crippen molar-refractivity contribution in [3.63, 3.8) is 0 Å². The second-order valence-corrected chi connectivity index (χ2v) is 6.07. The number of likely N-dealkylation sites (N-methyl/N-ethyl adjacent to an activating group) is 1. The normalized spacial score (nSPS) is 15.9. The van der Waals surface area contributed by atoms with Gasteiger partial charge in [-0.1, -0.05) is 48.5 Å². The van der Waals surface area contributed by atoms with Crippen LogP contribution in [0.4, 0.5) is 5.69 Å². The van der Waals surface area contributed by atoms with Crippen LogP contribution in [0.3, 0.4) is 0 Å². The maximum absolute atomic E-state index is 2.55. The van der Waals surface area contributed by atoms with Crippen LogP contribution >= 0.6 is 0 Å². The molecule has 2 nitrogen and oxygen atoms in total. The Kier molecular flexibility index (Phi) is 4.26. The molecule has 0 aromatic heterocycles. The van der Waals surface area contributed by atoms with Crippen molar-refractivity contribution in [3.8, 4) is 0 Å². The molecule has 0 saturated carbocycles. The van der Waals surface area contributed by atoms with E-state index in [2.05, 4.69) is 78.5 Å². The van der Waals surface area contributed by atoms with Crippen LogP contribution in [0, 0.1) is 0 Å². The van der Waals surface area contributed by atoms with Crippen LogP contribution in [0.1, 0.15) is 23.6 Å². The predicted molar refractivity (Wildman–Crippen MR) is 89.8 cm³/mol. The molecule has 0 aliphatic carbocycles. The van der Waals surface area contributed by atoms with Gasteiger partial charge in [0.1, 0.15) is 0 Å². The van der Waals surface area contributed by atoms with E-state index in [1.165, 1.54) is 29.7 Å². The highest BCUT2D eigenvalue weighted by atomic mass is 15.2. The Morgan fingerprint density at radius 3 is 2.48 bits per heavy atom. The third-order valence-electron chi connectivity index (χ3n) is 4.41. The quantitative estimate of drug-likeness (QED) is 0.841. The van der Waals surface area contributed by atoms with E-state index < -0.39 is 0 Å². The summed E-state index contributed by atoms with van der Waals surface area (Å²) in [6, 6.07) is 20.1. The van der Waals surface area contributed by atoms with Crippen LogP contribution in [-0.2, 0) is 6.42 Å². The smallest absolute Gasteiger partial charge is 0.0518 e. The fourth-order valence-corrected chi connectivity index (χ4v) is 3.25. The minimum Gasteiger partial charge on any atom is -0.369 e. The molecular formula is C19H24N2. The van der Waals surface area contributed by atoms with Crippen LogP contribution in [0.25, 0.3) is 0 Å². The van der Waals surface area contributed by atoms with E-state index in [1.54, 1.807) is 0 Å². The molecule has 0 N–H and O–H groups in total. The molecular weight excluding hydrogens is 256 g/mol. The zero-order valence-electron chi connectivity index (χ0n) is 13.0. The number of rotatable bonds is 4. The predicted octanol–water partition coefficient (Wildman–Crippen LogP) is 3.74. The zero-order chi connectivity index (χ0) is 14.7. The lowest BCUT2D eigenvalue weighted by molar-refractivity contribution is 0.299. The van der Waals surface area contributed by atoms with E-state index in [1.807, 2.05) is 0 Å². The largest absolute Gasteiger partial charge is 0.369 e. The van der Waals surface area contributed by atoms with E-state index in [0.29, 0.717) is 6.04 Å². The summed E-state index contributed by atoms with van der Waals surface area (Å²) in [5.74, 6) is 0. The van der Waals surface area contributed by atoms with Gasteiger partial charge in [-0.3, -0.25) is 0 Å². The standard InChI is InChI=1S/C19H24N2/c1-20(2)19(17-9-4-3-5-10-17)15-21-14-8-12-16-11-6-7-13-18(16)21/h3-7,9-11,13,19H,8,12,14-15H2,1-2H3. The Bertz CT molecular complexity index is 577. The van der Waals surface area contributed by atoms with Gasteiger partial charge in [-0.15, -0.1) is 0 Å². The van der Waals surface area contributed by atoms with Crippen molar-refractivity contribution in [2.45, 2.75) is 18.9 Å². The van der Waals surface area contributed by atoms with E-state index in [-0.39, 0.29) is 0 Å². The zero-order valence-corrected chi connectivity index (χ0v) is 13.0. The summed E-state index contributed by atoms with van der Waals surface area (Å²) in [4.78, 5) is 4.88. The van der Waals surface area contributed by atoms with Gasteiger partial charge in [0, 0.05) is 18.8 Å². The average Bonchev–Trinajstić information content (AvgIpc) is 2.53. The first-order chi connectivity index (χ1) is 10.3. The number of benzene rings is 2. The first-order valence-corrected chi connectivity index (χ1v) is 7.80. The summed E-state index contributed by atoms with van der Waals surface area (Å²) in [5, 5.41) is 0. The summed E-state index contributed by atoms with van der Waals surface area (Å²) in [7, 11) is 4.35. The number of hydrogen-bond donors (Lipinski definition) is 0. The first kappa shape index (κ1) is 14.2. The molecule has 1 aliphatic rings. The van der Waals surface area contributed by atoms with Gasteiger partial charge in [-0.05, 0) is 44.1 Å². The van der Waals surface area contributed by atoms with Crippen LogP contribution in [0.5, 0.6) is 0 Å². The average molecular weight is 280 g/mol. The summed E-state index contributed by atoms with van der Waals surface area (Å²) in [6.45, 7) is 2.21. The monoisotopic (exact) mass is 280 g/mol. The molecule has 1 atom stereocenters. The molecule has 0 saturated heterocycles. The maximum Gasteiger partial charge on any atom is 0.0518 e. The number of para-hydroxylation sites is 1. The van der Waals surface area contributed by atoms with Crippen molar-refractivity contribution >= 4 is 5.69 Å². The van der Waals surface area contributed by atoms with E-state index in [0.717, 1.165) is 13.1 Å². The molecule has 21 heavy (non-hydrogen) atoms. The highest BCUT2D eigenvalue weighted by Crippen LogP contribution is 2.29. The molecule has 0 amide bonds. The Morgan fingerprint density at radius 1 is 1.00 bits per heavy atom. The van der Waals surface area contributed by atoms with E-state index >= 15 is 0 Å². The minimum atomic E-state index is 0.428. The first-order valence-electron chi connectivity index (χ1n) is 7.80. The summed E-state index contributed by atoms with van der Waals surface area (Å²) < 4.78 is 0. The van der Waals surface area contributed by atoms with Crippen LogP contribution < -0.4 is 4.90 Å². The number of fused-ring (bicyclic) bond motifs is 1. The molecule has 0 fully saturated rings. The number of hydrogen-bond acceptors (Lipinski definition) is 2. The van der Waals surface area contributed by atoms with Gasteiger partial charge in [0.05, 0.1) is 6.04 Å². The third-order valence-corrected chi connectivity index (χ3v) is 4.41. The fourth-order valence-electron chi connectivity index (χ4n) is 3.25. The lowest BCUT2D eigenvalue weighted by Crippen LogP contribution is -2.37. The second kappa shape index (κ2) is 6.31. The van der Waals surface area contributed by atoms with E-state index in [4.69, 9.17) is 0 Å². The number of aryl methyl sites for hydroxylation is 1. The summed E-state index contributed by atoms with van der Waals surface area (Å²) >= 11 is 0. The Balaban J connectivity index is 1.85. The topological polar surface area (TPSA) is 6.48 Å². The van der Waals surface area contributed by atoms with Gasteiger partial charge in [0.25, 0.3) is 0 Å². The van der Waals surface area contributed by atoms with Crippen LogP contribution in [-0.4, -0.2) is 32.1 Å². The second-order valence-electron chi connectivity index (χ2n) is 6.07. The van der Waals surface area contributed by atoms with Crippen molar-refractivity contribution in [1.29, 1.82) is 0 Å². The number of nitrogens with zero attached hydrogens (tertiary/aromatic N) is 2. The van der Waals surface area contributed by atoms with Gasteiger partial charge in [0.15, 0.2) is 0 Å². The molecule has 2 aromatic carbocycles. The molecule has 1 unspecified atom stereocenters. The van der Waals surface area contributed by atoms with Gasteiger partial charge >= 0.3 is 0 Å². The van der Waals surface area contributed by atoms with Gasteiger partial charge < -0.3 is 9.80 Å². The van der Waals surface area contributed by atoms with Gasteiger partial charge in [-0.2, -0.15) is 0 Å². The SMILES string of the molecule is CN(C)C(CN1CCCc2ccccc21)c1ccccc1. The maximum atomic E-state index is 2.55. The molecule has 2 aromatic rings. The van der Waals surface area contributed by atoms with Crippen molar-refractivity contribution in [3.05, 3.63) is 65.7 Å². The van der Waals surface area contributed by atoms with Gasteiger partial charge in [0.2, 0.25) is 0 Å². The molecule has 3 rings (SSSR count). The summed E-state index contributed by atoms with van der Waals surface area (Å²) in [6.07, 6.45) is 2.47. The highest BCUT2D eigenvalue weighted by Gasteiger charge is 2.22. The molecule has 2 heteroatoms. The molecule has 110 valence electrons. The van der Waals surface area contributed by atoms with E-state index in [9.17, 15) is 0 Å².